The minimum absolute atomic E-state index is 0.378. The first-order valence-electron chi connectivity index (χ1n) is 4.85. The number of carbonyl (C=O) groups excluding carboxylic acids is 1. The van der Waals surface area contributed by atoms with Crippen LogP contribution in [-0.4, -0.2) is 29.6 Å². The van der Waals surface area contributed by atoms with Gasteiger partial charge in [-0.3, -0.25) is 4.79 Å². The second-order valence-corrected chi connectivity index (χ2v) is 3.26. The summed E-state index contributed by atoms with van der Waals surface area (Å²) in [5.41, 5.74) is 0. The van der Waals surface area contributed by atoms with Crippen molar-refractivity contribution in [2.75, 3.05) is 6.54 Å². The van der Waals surface area contributed by atoms with Crippen molar-refractivity contribution in [2.24, 2.45) is 0 Å². The van der Waals surface area contributed by atoms with Crippen molar-refractivity contribution in [3.8, 4) is 0 Å². The molecule has 0 fully saturated rings. The minimum Gasteiger partial charge on any atom is -0.327 e. The van der Waals surface area contributed by atoms with Crippen molar-refractivity contribution in [1.82, 2.24) is 4.90 Å². The third kappa shape index (κ3) is 4.85. The lowest BCUT2D eigenvalue weighted by atomic mass is 10.1. The van der Waals surface area contributed by atoms with Gasteiger partial charge in [0.05, 0.1) is 0 Å². The molecule has 88 valence electrons. The van der Waals surface area contributed by atoms with E-state index in [9.17, 15) is 18.0 Å². The molecule has 0 unspecified atom stereocenters. The van der Waals surface area contributed by atoms with E-state index in [1.807, 2.05) is 0 Å². The molecule has 0 aliphatic carbocycles. The third-order valence-corrected chi connectivity index (χ3v) is 2.19. The van der Waals surface area contributed by atoms with Gasteiger partial charge in [0, 0.05) is 6.04 Å². The largest absolute Gasteiger partial charge is 0.406 e. The zero-order valence-corrected chi connectivity index (χ0v) is 8.97. The molecule has 5 heteroatoms. The zero-order valence-electron chi connectivity index (χ0n) is 8.97. The van der Waals surface area contributed by atoms with Crippen LogP contribution >= 0.6 is 0 Å². The van der Waals surface area contributed by atoms with E-state index in [0.717, 1.165) is 11.0 Å². The molecule has 0 aromatic heterocycles. The summed E-state index contributed by atoms with van der Waals surface area (Å²) in [5, 5.41) is 0. The highest BCUT2D eigenvalue weighted by molar-refractivity contribution is 5.87. The Kier molecular flexibility index (Phi) is 5.39. The van der Waals surface area contributed by atoms with E-state index >= 15 is 0 Å². The molecule has 0 saturated carbocycles. The van der Waals surface area contributed by atoms with Crippen molar-refractivity contribution in [3.05, 3.63) is 12.7 Å². The molecule has 0 atom stereocenters. The van der Waals surface area contributed by atoms with Gasteiger partial charge in [-0.1, -0.05) is 20.4 Å². The lowest BCUT2D eigenvalue weighted by Gasteiger charge is -2.30. The smallest absolute Gasteiger partial charge is 0.327 e. The van der Waals surface area contributed by atoms with E-state index < -0.39 is 18.6 Å². The lowest BCUT2D eigenvalue weighted by molar-refractivity contribution is -0.163. The molecule has 0 N–H and O–H groups in total. The fraction of sp³-hybridized carbons (Fsp3) is 0.700. The second kappa shape index (κ2) is 5.78. The lowest BCUT2D eigenvalue weighted by Crippen LogP contribution is -2.44. The van der Waals surface area contributed by atoms with Gasteiger partial charge in [0.1, 0.15) is 6.54 Å². The predicted molar refractivity (Wildman–Crippen MR) is 52.3 cm³/mol. The highest BCUT2D eigenvalue weighted by Crippen LogP contribution is 2.20. The topological polar surface area (TPSA) is 20.3 Å². The van der Waals surface area contributed by atoms with Gasteiger partial charge in [0.25, 0.3) is 0 Å². The molecule has 0 heterocycles. The molecule has 0 saturated heterocycles. The number of amides is 1. The standard InChI is InChI=1S/C10H16F3NO/c1-4-8(5-2)14(9(15)6-3)7-10(11,12)13/h6,8H,3-5,7H2,1-2H3. The Hall–Kier alpha value is -1.00. The highest BCUT2D eigenvalue weighted by Gasteiger charge is 2.34. The molecule has 15 heavy (non-hydrogen) atoms. The molecule has 0 aliphatic heterocycles. The van der Waals surface area contributed by atoms with E-state index in [-0.39, 0.29) is 6.04 Å². The van der Waals surface area contributed by atoms with E-state index in [0.29, 0.717) is 12.8 Å². The first-order valence-corrected chi connectivity index (χ1v) is 4.85. The maximum absolute atomic E-state index is 12.2. The summed E-state index contributed by atoms with van der Waals surface area (Å²) in [6.07, 6.45) is -2.43. The van der Waals surface area contributed by atoms with Gasteiger partial charge in [-0.05, 0) is 18.9 Å². The number of rotatable bonds is 5. The molecule has 0 spiro atoms. The summed E-state index contributed by atoms with van der Waals surface area (Å²) in [5.74, 6) is -0.666. The SMILES string of the molecule is C=CC(=O)N(CC(F)(F)F)C(CC)CC. The average molecular weight is 223 g/mol. The third-order valence-electron chi connectivity index (χ3n) is 2.19. The van der Waals surface area contributed by atoms with Gasteiger partial charge in [0.15, 0.2) is 0 Å². The number of nitrogens with zero attached hydrogens (tertiary/aromatic N) is 1. The van der Waals surface area contributed by atoms with E-state index in [4.69, 9.17) is 0 Å². The van der Waals surface area contributed by atoms with Crippen LogP contribution in [0.15, 0.2) is 12.7 Å². The van der Waals surface area contributed by atoms with Crippen LogP contribution in [0.3, 0.4) is 0 Å². The first kappa shape index (κ1) is 14.0. The molecular formula is C10H16F3NO. The number of carbonyl (C=O) groups is 1. The van der Waals surface area contributed by atoms with Crippen molar-refractivity contribution < 1.29 is 18.0 Å². The van der Waals surface area contributed by atoms with E-state index in [1.165, 1.54) is 0 Å². The molecule has 0 aliphatic rings. The van der Waals surface area contributed by atoms with Crippen LogP contribution in [0.5, 0.6) is 0 Å². The number of alkyl halides is 3. The van der Waals surface area contributed by atoms with Gasteiger partial charge in [-0.25, -0.2) is 0 Å². The Morgan fingerprint density at radius 1 is 1.40 bits per heavy atom. The Labute approximate surface area is 87.8 Å². The first-order chi connectivity index (χ1) is 6.85. The summed E-state index contributed by atoms with van der Waals surface area (Å²) in [4.78, 5) is 12.1. The van der Waals surface area contributed by atoms with Crippen LogP contribution in [0, 0.1) is 0 Å². The van der Waals surface area contributed by atoms with Gasteiger partial charge >= 0.3 is 6.18 Å². The molecule has 2 nitrogen and oxygen atoms in total. The van der Waals surface area contributed by atoms with Crippen LogP contribution in [-0.2, 0) is 4.79 Å². The van der Waals surface area contributed by atoms with Crippen LogP contribution in [0.25, 0.3) is 0 Å². The monoisotopic (exact) mass is 223 g/mol. The van der Waals surface area contributed by atoms with Gasteiger partial charge in [-0.15, -0.1) is 0 Å². The highest BCUT2D eigenvalue weighted by atomic mass is 19.4. The van der Waals surface area contributed by atoms with E-state index in [2.05, 4.69) is 6.58 Å². The van der Waals surface area contributed by atoms with Crippen molar-refractivity contribution in [1.29, 1.82) is 0 Å². The average Bonchev–Trinajstić information content (AvgIpc) is 2.15. The molecule has 0 aromatic carbocycles. The Bertz CT molecular complexity index is 221. The van der Waals surface area contributed by atoms with Crippen LogP contribution in [0.2, 0.25) is 0 Å². The molecule has 0 rings (SSSR count). The Balaban J connectivity index is 4.71. The Morgan fingerprint density at radius 3 is 2.13 bits per heavy atom. The van der Waals surface area contributed by atoms with Crippen LogP contribution < -0.4 is 0 Å². The van der Waals surface area contributed by atoms with Crippen LogP contribution in [0.4, 0.5) is 13.2 Å². The summed E-state index contributed by atoms with van der Waals surface area (Å²) in [7, 11) is 0. The molecule has 1 amide bonds. The van der Waals surface area contributed by atoms with Gasteiger partial charge in [0.2, 0.25) is 5.91 Å². The van der Waals surface area contributed by atoms with Gasteiger partial charge < -0.3 is 4.90 Å². The van der Waals surface area contributed by atoms with Gasteiger partial charge in [-0.2, -0.15) is 13.2 Å². The Morgan fingerprint density at radius 2 is 1.87 bits per heavy atom. The number of halogens is 3. The fourth-order valence-corrected chi connectivity index (χ4v) is 1.43. The van der Waals surface area contributed by atoms with Crippen molar-refractivity contribution in [2.45, 2.75) is 38.9 Å². The maximum atomic E-state index is 12.2. The predicted octanol–water partition coefficient (Wildman–Crippen LogP) is 2.75. The number of hydrogen-bond acceptors (Lipinski definition) is 1. The summed E-state index contributed by atoms with van der Waals surface area (Å²) in [6.45, 7) is 5.52. The molecule has 0 bridgehead atoms. The van der Waals surface area contributed by atoms with Crippen molar-refractivity contribution in [3.63, 3.8) is 0 Å². The quantitative estimate of drug-likeness (QED) is 0.656. The number of hydrogen-bond donors (Lipinski definition) is 0. The maximum Gasteiger partial charge on any atom is 0.406 e. The second-order valence-electron chi connectivity index (χ2n) is 3.26. The zero-order chi connectivity index (χ0) is 12.1. The fourth-order valence-electron chi connectivity index (χ4n) is 1.43. The van der Waals surface area contributed by atoms with E-state index in [1.54, 1.807) is 13.8 Å². The minimum atomic E-state index is -4.36. The molecule has 0 aromatic rings. The van der Waals surface area contributed by atoms with Crippen molar-refractivity contribution >= 4 is 5.91 Å². The van der Waals surface area contributed by atoms with Crippen LogP contribution in [0.1, 0.15) is 26.7 Å². The molecule has 0 radical (unpaired) electrons. The summed E-state index contributed by atoms with van der Waals surface area (Å²) >= 11 is 0. The molecular weight excluding hydrogens is 207 g/mol. The summed E-state index contributed by atoms with van der Waals surface area (Å²) in [6, 6.07) is -0.378. The summed E-state index contributed by atoms with van der Waals surface area (Å²) < 4.78 is 36.6. The normalized spacial score (nSPS) is 11.6.